The van der Waals surface area contributed by atoms with Crippen LogP contribution in [0.5, 0.6) is 0 Å². The molecule has 0 saturated carbocycles. The van der Waals surface area contributed by atoms with Crippen molar-refractivity contribution in [3.63, 3.8) is 0 Å². The summed E-state index contributed by atoms with van der Waals surface area (Å²) in [5.74, 6) is -0.257. The van der Waals surface area contributed by atoms with Gasteiger partial charge in [0.25, 0.3) is 0 Å². The first-order chi connectivity index (χ1) is 13.6. The van der Waals surface area contributed by atoms with Crippen molar-refractivity contribution in [2.24, 2.45) is 0 Å². The van der Waals surface area contributed by atoms with Crippen molar-refractivity contribution in [2.45, 2.75) is 57.7 Å². The third-order valence-corrected chi connectivity index (χ3v) is 6.01. The van der Waals surface area contributed by atoms with Gasteiger partial charge < -0.3 is 14.5 Å². The minimum atomic E-state index is -0.970. The highest BCUT2D eigenvalue weighted by atomic mass is 79.9. The van der Waals surface area contributed by atoms with Crippen LogP contribution in [0.4, 0.5) is 19.4 Å². The van der Waals surface area contributed by atoms with E-state index in [1.54, 1.807) is 12.1 Å². The summed E-state index contributed by atoms with van der Waals surface area (Å²) in [6.07, 6.45) is 1.18. The molecule has 0 N–H and O–H groups in total. The molecule has 0 aliphatic carbocycles. The molecule has 6 nitrogen and oxygen atoms in total. The van der Waals surface area contributed by atoms with Gasteiger partial charge in [0.2, 0.25) is 0 Å². The van der Waals surface area contributed by atoms with Crippen molar-refractivity contribution in [3.8, 4) is 0 Å². The topological polar surface area (TPSA) is 58.6 Å². The molecule has 2 fully saturated rings. The Labute approximate surface area is 176 Å². The Bertz CT molecular complexity index is 966. The maximum absolute atomic E-state index is 14.5. The lowest BCUT2D eigenvalue weighted by atomic mass is 10.1. The number of rotatable bonds is 1. The average molecular weight is 469 g/mol. The van der Waals surface area contributed by atoms with Gasteiger partial charge >= 0.3 is 12.2 Å². The molecule has 1 aromatic heterocycles. The average Bonchev–Trinajstić information content (AvgIpc) is 2.91. The van der Waals surface area contributed by atoms with Crippen LogP contribution in [0.15, 0.2) is 16.6 Å². The lowest BCUT2D eigenvalue weighted by Crippen LogP contribution is -2.45. The fourth-order valence-electron chi connectivity index (χ4n) is 4.22. The zero-order chi connectivity index (χ0) is 20.9. The molecule has 1 aromatic carbocycles. The van der Waals surface area contributed by atoms with Gasteiger partial charge in [-0.1, -0.05) is 0 Å². The van der Waals surface area contributed by atoms with Gasteiger partial charge in [-0.3, -0.25) is 0 Å². The predicted octanol–water partition coefficient (Wildman–Crippen LogP) is 4.65. The zero-order valence-electron chi connectivity index (χ0n) is 16.6. The maximum atomic E-state index is 14.5. The highest BCUT2D eigenvalue weighted by Crippen LogP contribution is 2.35. The van der Waals surface area contributed by atoms with Crippen LogP contribution in [-0.4, -0.2) is 51.7 Å². The summed E-state index contributed by atoms with van der Waals surface area (Å²) in [6, 6.07) is 3.26. The molecule has 156 valence electrons. The van der Waals surface area contributed by atoms with Gasteiger partial charge in [0.1, 0.15) is 16.9 Å². The van der Waals surface area contributed by atoms with Crippen molar-refractivity contribution in [2.75, 3.05) is 18.0 Å². The lowest BCUT2D eigenvalue weighted by molar-refractivity contribution is 0.0163. The lowest BCUT2D eigenvalue weighted by Gasteiger charge is -2.31. The molecule has 2 aliphatic rings. The highest BCUT2D eigenvalue weighted by Gasteiger charge is 2.42. The first kappa shape index (κ1) is 20.3. The Morgan fingerprint density at radius 2 is 1.90 bits per heavy atom. The number of nitrogens with zero attached hydrogens (tertiary/aromatic N) is 4. The summed E-state index contributed by atoms with van der Waals surface area (Å²) in [5.41, 5.74) is -0.625. The van der Waals surface area contributed by atoms with Gasteiger partial charge in [0, 0.05) is 24.5 Å². The number of amides is 1. The number of halogens is 3. The summed E-state index contributed by atoms with van der Waals surface area (Å²) < 4.78 is 34.4. The molecule has 2 aromatic rings. The standard InChI is InChI=1S/C20H23BrF2N4O2/c1-20(2,3)29-19(28)27-11-4-5-12(27)10-26(9-8-11)17-13-6-7-14(21)15(22)16(13)24-18(23)25-17/h6-7,11-12H,4-5,8-10H2,1-3H3/t11-,12+/m1/s1. The van der Waals surface area contributed by atoms with Crippen molar-refractivity contribution >= 4 is 38.7 Å². The fraction of sp³-hybridized carbons (Fsp3) is 0.550. The number of hydrogen-bond donors (Lipinski definition) is 0. The normalized spacial score (nSPS) is 22.1. The number of anilines is 1. The molecule has 4 rings (SSSR count). The van der Waals surface area contributed by atoms with Crippen LogP contribution in [0.2, 0.25) is 0 Å². The van der Waals surface area contributed by atoms with Crippen LogP contribution < -0.4 is 4.90 Å². The first-order valence-electron chi connectivity index (χ1n) is 9.71. The summed E-state index contributed by atoms with van der Waals surface area (Å²) in [7, 11) is 0. The van der Waals surface area contributed by atoms with Gasteiger partial charge in [-0.25, -0.2) is 9.18 Å². The number of carbonyl (C=O) groups excluding carboxylic acids is 1. The van der Waals surface area contributed by atoms with Gasteiger partial charge in [-0.15, -0.1) is 0 Å². The molecule has 3 heterocycles. The molecule has 9 heteroatoms. The van der Waals surface area contributed by atoms with E-state index in [1.807, 2.05) is 30.6 Å². The van der Waals surface area contributed by atoms with E-state index in [2.05, 4.69) is 25.9 Å². The van der Waals surface area contributed by atoms with E-state index < -0.39 is 17.5 Å². The van der Waals surface area contributed by atoms with Crippen molar-refractivity contribution in [1.82, 2.24) is 14.9 Å². The van der Waals surface area contributed by atoms with Crippen LogP contribution in [-0.2, 0) is 4.74 Å². The monoisotopic (exact) mass is 468 g/mol. The number of ether oxygens (including phenoxy) is 1. The number of aromatic nitrogens is 2. The molecule has 0 spiro atoms. The third kappa shape index (κ3) is 3.89. The van der Waals surface area contributed by atoms with E-state index >= 15 is 0 Å². The number of fused-ring (bicyclic) bond motifs is 3. The Balaban J connectivity index is 1.67. The summed E-state index contributed by atoms with van der Waals surface area (Å²) in [6.45, 7) is 6.61. The van der Waals surface area contributed by atoms with E-state index in [0.29, 0.717) is 30.7 Å². The minimum Gasteiger partial charge on any atom is -0.444 e. The quantitative estimate of drug-likeness (QED) is 0.570. The fourth-order valence-corrected chi connectivity index (χ4v) is 4.54. The molecule has 2 aliphatic heterocycles. The van der Waals surface area contributed by atoms with E-state index in [1.165, 1.54) is 0 Å². The van der Waals surface area contributed by atoms with Gasteiger partial charge in [-0.05, 0) is 68.1 Å². The Hall–Kier alpha value is -2.03. The molecule has 0 radical (unpaired) electrons. The Morgan fingerprint density at radius 1 is 1.17 bits per heavy atom. The second kappa shape index (κ2) is 7.34. The van der Waals surface area contributed by atoms with Crippen LogP contribution in [0.3, 0.4) is 0 Å². The van der Waals surface area contributed by atoms with Gasteiger partial charge in [0.05, 0.1) is 10.5 Å². The predicted molar refractivity (Wildman–Crippen MR) is 109 cm³/mol. The van der Waals surface area contributed by atoms with E-state index in [-0.39, 0.29) is 28.2 Å². The van der Waals surface area contributed by atoms with Crippen LogP contribution >= 0.6 is 15.9 Å². The summed E-state index contributed by atoms with van der Waals surface area (Å²) in [4.78, 5) is 24.2. The molecular formula is C20H23BrF2N4O2. The molecule has 0 unspecified atom stereocenters. The van der Waals surface area contributed by atoms with Crippen molar-refractivity contribution in [1.29, 1.82) is 0 Å². The second-order valence-corrected chi connectivity index (χ2v) is 9.44. The zero-order valence-corrected chi connectivity index (χ0v) is 18.2. The van der Waals surface area contributed by atoms with Crippen LogP contribution in [0, 0.1) is 11.9 Å². The van der Waals surface area contributed by atoms with E-state index in [4.69, 9.17) is 4.74 Å². The first-order valence-corrected chi connectivity index (χ1v) is 10.5. The molecule has 2 bridgehead atoms. The summed E-state index contributed by atoms with van der Waals surface area (Å²) >= 11 is 3.12. The molecule has 1 amide bonds. The largest absolute Gasteiger partial charge is 0.444 e. The van der Waals surface area contributed by atoms with E-state index in [9.17, 15) is 13.6 Å². The molecule has 29 heavy (non-hydrogen) atoms. The second-order valence-electron chi connectivity index (χ2n) is 8.58. The van der Waals surface area contributed by atoms with Crippen molar-refractivity contribution in [3.05, 3.63) is 28.5 Å². The minimum absolute atomic E-state index is 0.0553. The molecular weight excluding hydrogens is 446 g/mol. The van der Waals surface area contributed by atoms with Crippen LogP contribution in [0.25, 0.3) is 10.9 Å². The number of benzene rings is 1. The Kier molecular flexibility index (Phi) is 5.13. The smallest absolute Gasteiger partial charge is 0.410 e. The van der Waals surface area contributed by atoms with Crippen molar-refractivity contribution < 1.29 is 18.3 Å². The molecule has 2 saturated heterocycles. The van der Waals surface area contributed by atoms with Crippen LogP contribution in [0.1, 0.15) is 40.0 Å². The Morgan fingerprint density at radius 3 is 2.62 bits per heavy atom. The third-order valence-electron chi connectivity index (χ3n) is 5.40. The maximum Gasteiger partial charge on any atom is 0.410 e. The number of hydrogen-bond acceptors (Lipinski definition) is 5. The summed E-state index contributed by atoms with van der Waals surface area (Å²) in [5, 5.41) is 0.452. The molecule has 2 atom stereocenters. The van der Waals surface area contributed by atoms with Gasteiger partial charge in [-0.2, -0.15) is 14.4 Å². The van der Waals surface area contributed by atoms with E-state index in [0.717, 1.165) is 12.8 Å². The highest BCUT2D eigenvalue weighted by molar-refractivity contribution is 9.10. The SMILES string of the molecule is CC(C)(C)OC(=O)N1[C@@H]2CC[C@H]1CN(c1nc(F)nc3c(F)c(Br)ccc13)CC2. The van der Waals surface area contributed by atoms with Gasteiger partial charge in [0.15, 0.2) is 5.82 Å². The number of carbonyl (C=O) groups is 1.